The lowest BCUT2D eigenvalue weighted by atomic mass is 10.1. The molecule has 20 heavy (non-hydrogen) atoms. The molecule has 0 unspecified atom stereocenters. The summed E-state index contributed by atoms with van der Waals surface area (Å²) in [6.45, 7) is 1.39. The molecule has 3 N–H and O–H groups in total. The van der Waals surface area contributed by atoms with Crippen molar-refractivity contribution in [1.82, 2.24) is 5.43 Å². The molecule has 1 heterocycles. The number of carbonyl (C=O) groups is 1. The number of benzene rings is 1. The maximum atomic E-state index is 11.9. The number of methoxy groups -OCH3 is 1. The number of para-hydroxylation sites is 1. The molecule has 1 amide bonds. The first kappa shape index (κ1) is 14.5. The zero-order valence-corrected chi connectivity index (χ0v) is 11.3. The predicted molar refractivity (Wildman–Crippen MR) is 74.0 cm³/mol. The van der Waals surface area contributed by atoms with Crippen molar-refractivity contribution in [2.24, 2.45) is 5.84 Å². The van der Waals surface area contributed by atoms with Crippen LogP contribution in [0.5, 0.6) is 0 Å². The topological polar surface area (TPSA) is 86.7 Å². The van der Waals surface area contributed by atoms with Gasteiger partial charge in [-0.2, -0.15) is 0 Å². The minimum absolute atomic E-state index is 0.223. The van der Waals surface area contributed by atoms with Crippen LogP contribution in [0.1, 0.15) is 22.5 Å². The van der Waals surface area contributed by atoms with E-state index in [-0.39, 0.29) is 12.5 Å². The van der Waals surface area contributed by atoms with Gasteiger partial charge in [0.2, 0.25) is 0 Å². The first-order valence-electron chi connectivity index (χ1n) is 6.36. The van der Waals surface area contributed by atoms with Gasteiger partial charge in [-0.15, -0.1) is 0 Å². The van der Waals surface area contributed by atoms with Crippen molar-refractivity contribution in [1.29, 1.82) is 0 Å². The van der Waals surface area contributed by atoms with E-state index in [0.29, 0.717) is 30.1 Å². The van der Waals surface area contributed by atoms with Crippen LogP contribution >= 0.6 is 0 Å². The molecule has 1 aromatic heterocycles. The second-order valence-electron chi connectivity index (χ2n) is 4.27. The third-order valence-electron chi connectivity index (χ3n) is 2.90. The third-order valence-corrected chi connectivity index (χ3v) is 2.90. The Balaban J connectivity index is 2.16. The summed E-state index contributed by atoms with van der Waals surface area (Å²) in [5, 5.41) is 0.728. The summed E-state index contributed by atoms with van der Waals surface area (Å²) in [7, 11) is 1.64. The molecule has 0 aliphatic rings. The molecule has 0 saturated heterocycles. The average molecular weight is 278 g/mol. The summed E-state index contributed by atoms with van der Waals surface area (Å²) < 4.78 is 16.1. The van der Waals surface area contributed by atoms with Gasteiger partial charge < -0.3 is 13.9 Å². The van der Waals surface area contributed by atoms with E-state index < -0.39 is 0 Å². The highest BCUT2D eigenvalue weighted by molar-refractivity contribution is 6.06. The van der Waals surface area contributed by atoms with Gasteiger partial charge in [0.1, 0.15) is 18.0 Å². The van der Waals surface area contributed by atoms with Crippen molar-refractivity contribution < 1.29 is 18.7 Å². The highest BCUT2D eigenvalue weighted by Gasteiger charge is 2.19. The molecule has 0 aliphatic heterocycles. The average Bonchev–Trinajstić information content (AvgIpc) is 2.84. The van der Waals surface area contributed by atoms with Gasteiger partial charge in [0, 0.05) is 25.7 Å². The lowest BCUT2D eigenvalue weighted by Gasteiger charge is -2.04. The third kappa shape index (κ3) is 3.16. The lowest BCUT2D eigenvalue weighted by Crippen LogP contribution is -2.30. The van der Waals surface area contributed by atoms with Crippen LogP contribution in [0.4, 0.5) is 0 Å². The van der Waals surface area contributed by atoms with E-state index in [1.54, 1.807) is 13.2 Å². The maximum absolute atomic E-state index is 11.9. The standard InChI is InChI=1S/C14H18N2O4/c1-18-7-4-8-19-9-12-13(14(17)16-15)10-5-2-3-6-11(10)20-12/h2-3,5-6H,4,7-9,15H2,1H3,(H,16,17). The van der Waals surface area contributed by atoms with Crippen molar-refractivity contribution in [3.8, 4) is 0 Å². The fourth-order valence-electron chi connectivity index (χ4n) is 1.99. The van der Waals surface area contributed by atoms with Gasteiger partial charge in [-0.25, -0.2) is 5.84 Å². The van der Waals surface area contributed by atoms with Gasteiger partial charge in [-0.1, -0.05) is 18.2 Å². The number of carbonyl (C=O) groups excluding carboxylic acids is 1. The molecule has 6 nitrogen and oxygen atoms in total. The van der Waals surface area contributed by atoms with Crippen LogP contribution in [0.2, 0.25) is 0 Å². The number of ether oxygens (including phenoxy) is 2. The van der Waals surface area contributed by atoms with E-state index in [9.17, 15) is 4.79 Å². The summed E-state index contributed by atoms with van der Waals surface area (Å²) in [5.41, 5.74) is 3.20. The molecule has 0 aliphatic carbocycles. The quantitative estimate of drug-likeness (QED) is 0.347. The molecule has 2 aromatic rings. The Morgan fingerprint density at radius 3 is 2.90 bits per heavy atom. The summed E-state index contributed by atoms with van der Waals surface area (Å²) in [4.78, 5) is 11.9. The number of furan rings is 1. The molecular weight excluding hydrogens is 260 g/mol. The molecule has 0 atom stereocenters. The smallest absolute Gasteiger partial charge is 0.269 e. The number of rotatable bonds is 7. The molecule has 6 heteroatoms. The lowest BCUT2D eigenvalue weighted by molar-refractivity contribution is 0.0809. The number of amides is 1. The molecular formula is C14H18N2O4. The Kier molecular flexibility index (Phi) is 5.11. The van der Waals surface area contributed by atoms with Gasteiger partial charge in [-0.3, -0.25) is 10.2 Å². The second kappa shape index (κ2) is 7.04. The largest absolute Gasteiger partial charge is 0.458 e. The highest BCUT2D eigenvalue weighted by atomic mass is 16.5. The van der Waals surface area contributed by atoms with Gasteiger partial charge in [0.15, 0.2) is 0 Å². The number of hydrogen-bond acceptors (Lipinski definition) is 5. The molecule has 0 saturated carbocycles. The predicted octanol–water partition coefficient (Wildman–Crippen LogP) is 1.59. The molecule has 2 rings (SSSR count). The Bertz CT molecular complexity index is 580. The summed E-state index contributed by atoms with van der Waals surface area (Å²) in [6, 6.07) is 7.31. The van der Waals surface area contributed by atoms with Crippen LogP contribution in [0, 0.1) is 0 Å². The number of fused-ring (bicyclic) bond motifs is 1. The van der Waals surface area contributed by atoms with Gasteiger partial charge in [-0.05, 0) is 12.5 Å². The van der Waals surface area contributed by atoms with Crippen LogP contribution in [-0.4, -0.2) is 26.2 Å². The highest BCUT2D eigenvalue weighted by Crippen LogP contribution is 2.26. The van der Waals surface area contributed by atoms with Crippen LogP contribution in [0.3, 0.4) is 0 Å². The monoisotopic (exact) mass is 278 g/mol. The number of hydrazine groups is 1. The van der Waals surface area contributed by atoms with Gasteiger partial charge in [0.05, 0.1) is 5.56 Å². The van der Waals surface area contributed by atoms with Gasteiger partial charge >= 0.3 is 0 Å². The van der Waals surface area contributed by atoms with Crippen LogP contribution < -0.4 is 11.3 Å². The zero-order chi connectivity index (χ0) is 14.4. The minimum Gasteiger partial charge on any atom is -0.458 e. The fraction of sp³-hybridized carbons (Fsp3) is 0.357. The van der Waals surface area contributed by atoms with Crippen LogP contribution in [0.25, 0.3) is 11.0 Å². The Labute approximate surface area is 116 Å². The molecule has 0 radical (unpaired) electrons. The zero-order valence-electron chi connectivity index (χ0n) is 11.3. The van der Waals surface area contributed by atoms with Gasteiger partial charge in [0.25, 0.3) is 5.91 Å². The Hall–Kier alpha value is -1.89. The first-order chi connectivity index (χ1) is 9.77. The molecule has 0 fully saturated rings. The molecule has 108 valence electrons. The summed E-state index contributed by atoms with van der Waals surface area (Å²) in [5.74, 6) is 5.31. The van der Waals surface area contributed by atoms with E-state index in [1.807, 2.05) is 18.2 Å². The number of nitrogens with two attached hydrogens (primary N) is 1. The van der Waals surface area contributed by atoms with Crippen molar-refractivity contribution >= 4 is 16.9 Å². The Morgan fingerprint density at radius 2 is 2.15 bits per heavy atom. The SMILES string of the molecule is COCCCOCc1oc2ccccc2c1C(=O)NN. The number of nitrogen functional groups attached to an aromatic ring is 1. The van der Waals surface area contributed by atoms with E-state index >= 15 is 0 Å². The number of nitrogens with one attached hydrogen (secondary N) is 1. The van der Waals surface area contributed by atoms with E-state index in [4.69, 9.17) is 19.7 Å². The first-order valence-corrected chi connectivity index (χ1v) is 6.36. The Morgan fingerprint density at radius 1 is 1.35 bits per heavy atom. The van der Waals surface area contributed by atoms with Crippen LogP contribution in [0.15, 0.2) is 28.7 Å². The fourth-order valence-corrected chi connectivity index (χ4v) is 1.99. The van der Waals surface area contributed by atoms with Crippen molar-refractivity contribution in [3.05, 3.63) is 35.6 Å². The normalized spacial score (nSPS) is 10.9. The molecule has 0 spiro atoms. The van der Waals surface area contributed by atoms with E-state index in [1.165, 1.54) is 0 Å². The second-order valence-corrected chi connectivity index (χ2v) is 4.27. The van der Waals surface area contributed by atoms with E-state index in [0.717, 1.165) is 11.8 Å². The van der Waals surface area contributed by atoms with Crippen molar-refractivity contribution in [2.75, 3.05) is 20.3 Å². The van der Waals surface area contributed by atoms with Crippen molar-refractivity contribution in [3.63, 3.8) is 0 Å². The summed E-state index contributed by atoms with van der Waals surface area (Å²) >= 11 is 0. The molecule has 1 aromatic carbocycles. The van der Waals surface area contributed by atoms with Crippen molar-refractivity contribution in [2.45, 2.75) is 13.0 Å². The van der Waals surface area contributed by atoms with Crippen LogP contribution in [-0.2, 0) is 16.1 Å². The number of hydrogen-bond donors (Lipinski definition) is 2. The van der Waals surface area contributed by atoms with E-state index in [2.05, 4.69) is 5.43 Å². The maximum Gasteiger partial charge on any atom is 0.269 e. The minimum atomic E-state index is -0.384. The summed E-state index contributed by atoms with van der Waals surface area (Å²) in [6.07, 6.45) is 0.787. The molecule has 0 bridgehead atoms.